The van der Waals surface area contributed by atoms with Crippen LogP contribution >= 0.6 is 23.2 Å². The lowest BCUT2D eigenvalue weighted by molar-refractivity contribution is 0.0584. The smallest absolute Gasteiger partial charge is 0.0469 e. The summed E-state index contributed by atoms with van der Waals surface area (Å²) in [6.07, 6.45) is 1.95. The average molecular weight is 260 g/mol. The van der Waals surface area contributed by atoms with Gasteiger partial charge in [-0.2, -0.15) is 0 Å². The van der Waals surface area contributed by atoms with Crippen molar-refractivity contribution in [2.75, 3.05) is 13.2 Å². The van der Waals surface area contributed by atoms with Gasteiger partial charge in [0.15, 0.2) is 0 Å². The minimum atomic E-state index is -0.0925. The van der Waals surface area contributed by atoms with Crippen LogP contribution in [0.2, 0.25) is 10.0 Å². The Bertz CT molecular complexity index is 344. The molecule has 0 aromatic heterocycles. The molecular formula is C12H15Cl2NO. The van der Waals surface area contributed by atoms with E-state index < -0.39 is 0 Å². The minimum absolute atomic E-state index is 0.0925. The SMILES string of the molecule is N[C@@H](c1c(Cl)cccc1Cl)C1CCOCC1. The summed E-state index contributed by atoms with van der Waals surface area (Å²) in [5.41, 5.74) is 7.12. The van der Waals surface area contributed by atoms with Crippen LogP contribution in [0.1, 0.15) is 24.4 Å². The maximum absolute atomic E-state index is 6.25. The van der Waals surface area contributed by atoms with Gasteiger partial charge >= 0.3 is 0 Å². The van der Waals surface area contributed by atoms with Crippen molar-refractivity contribution in [2.45, 2.75) is 18.9 Å². The van der Waals surface area contributed by atoms with Gasteiger partial charge < -0.3 is 10.5 Å². The Kier molecular flexibility index (Phi) is 4.09. The van der Waals surface area contributed by atoms with Gasteiger partial charge in [0, 0.05) is 34.9 Å². The Morgan fingerprint density at radius 1 is 1.19 bits per heavy atom. The van der Waals surface area contributed by atoms with Gasteiger partial charge in [0.25, 0.3) is 0 Å². The van der Waals surface area contributed by atoms with Crippen LogP contribution < -0.4 is 5.73 Å². The molecule has 0 bridgehead atoms. The highest BCUT2D eigenvalue weighted by molar-refractivity contribution is 6.36. The first-order valence-electron chi connectivity index (χ1n) is 5.47. The standard InChI is InChI=1S/C12H15Cl2NO/c13-9-2-1-3-10(14)11(9)12(15)8-4-6-16-7-5-8/h1-3,8,12H,4-7,15H2/t12-/m1/s1. The zero-order valence-corrected chi connectivity index (χ0v) is 10.5. The van der Waals surface area contributed by atoms with Crippen LogP contribution in [0.25, 0.3) is 0 Å². The third kappa shape index (κ3) is 2.51. The molecule has 1 heterocycles. The number of rotatable bonds is 2. The predicted octanol–water partition coefficient (Wildman–Crippen LogP) is 3.42. The number of benzene rings is 1. The molecule has 0 aliphatic carbocycles. The first-order chi connectivity index (χ1) is 7.70. The van der Waals surface area contributed by atoms with Gasteiger partial charge in [-0.05, 0) is 30.9 Å². The quantitative estimate of drug-likeness (QED) is 0.884. The molecule has 2 N–H and O–H groups in total. The summed E-state index contributed by atoms with van der Waals surface area (Å²) >= 11 is 12.3. The van der Waals surface area contributed by atoms with E-state index in [-0.39, 0.29) is 6.04 Å². The second-order valence-electron chi connectivity index (χ2n) is 4.11. The summed E-state index contributed by atoms with van der Waals surface area (Å²) in [5, 5.41) is 1.32. The Balaban J connectivity index is 2.22. The predicted molar refractivity (Wildman–Crippen MR) is 66.9 cm³/mol. The fraction of sp³-hybridized carbons (Fsp3) is 0.500. The van der Waals surface area contributed by atoms with E-state index in [0.29, 0.717) is 16.0 Å². The average Bonchev–Trinajstić information content (AvgIpc) is 2.30. The summed E-state index contributed by atoms with van der Waals surface area (Å²) in [7, 11) is 0. The highest BCUT2D eigenvalue weighted by atomic mass is 35.5. The van der Waals surface area contributed by atoms with Crippen LogP contribution in [0.3, 0.4) is 0 Å². The first-order valence-corrected chi connectivity index (χ1v) is 6.23. The van der Waals surface area contributed by atoms with Gasteiger partial charge in [-0.25, -0.2) is 0 Å². The molecule has 0 amide bonds. The Labute approximate surface area is 106 Å². The zero-order valence-electron chi connectivity index (χ0n) is 8.96. The fourth-order valence-electron chi connectivity index (χ4n) is 2.14. The maximum Gasteiger partial charge on any atom is 0.0469 e. The summed E-state index contributed by atoms with van der Waals surface area (Å²) < 4.78 is 5.32. The molecule has 1 aromatic carbocycles. The van der Waals surface area contributed by atoms with Crippen LogP contribution in [0.15, 0.2) is 18.2 Å². The number of hydrogen-bond donors (Lipinski definition) is 1. The number of nitrogens with two attached hydrogens (primary N) is 1. The van der Waals surface area contributed by atoms with Crippen LogP contribution in [0, 0.1) is 5.92 Å². The summed E-state index contributed by atoms with van der Waals surface area (Å²) in [6, 6.07) is 5.42. The van der Waals surface area contributed by atoms with Crippen molar-refractivity contribution in [3.63, 3.8) is 0 Å². The molecule has 4 heteroatoms. The number of ether oxygens (including phenoxy) is 1. The van der Waals surface area contributed by atoms with Gasteiger partial charge in [-0.15, -0.1) is 0 Å². The van der Waals surface area contributed by atoms with E-state index in [1.165, 1.54) is 0 Å². The molecule has 1 aliphatic heterocycles. The highest BCUT2D eigenvalue weighted by Gasteiger charge is 2.25. The summed E-state index contributed by atoms with van der Waals surface area (Å²) in [6.45, 7) is 1.56. The number of halogens is 2. The molecule has 1 aromatic rings. The molecule has 2 nitrogen and oxygen atoms in total. The first kappa shape index (κ1) is 12.2. The van der Waals surface area contributed by atoms with Crippen molar-refractivity contribution in [3.05, 3.63) is 33.8 Å². The number of hydrogen-bond acceptors (Lipinski definition) is 2. The van der Waals surface area contributed by atoms with Gasteiger partial charge in [0.2, 0.25) is 0 Å². The molecule has 2 rings (SSSR count). The van der Waals surface area contributed by atoms with E-state index >= 15 is 0 Å². The van der Waals surface area contributed by atoms with Crippen molar-refractivity contribution in [3.8, 4) is 0 Å². The van der Waals surface area contributed by atoms with Crippen LogP contribution in [-0.4, -0.2) is 13.2 Å². The summed E-state index contributed by atoms with van der Waals surface area (Å²) in [4.78, 5) is 0. The van der Waals surface area contributed by atoms with Gasteiger partial charge in [-0.1, -0.05) is 29.3 Å². The van der Waals surface area contributed by atoms with Crippen molar-refractivity contribution in [1.29, 1.82) is 0 Å². The Hall–Kier alpha value is -0.280. The van der Waals surface area contributed by atoms with E-state index in [2.05, 4.69) is 0 Å². The second kappa shape index (κ2) is 5.37. The maximum atomic E-state index is 6.25. The van der Waals surface area contributed by atoms with E-state index in [1.807, 2.05) is 18.2 Å². The van der Waals surface area contributed by atoms with Gasteiger partial charge in [-0.3, -0.25) is 0 Å². The topological polar surface area (TPSA) is 35.2 Å². The molecule has 1 atom stereocenters. The van der Waals surface area contributed by atoms with Crippen LogP contribution in [-0.2, 0) is 4.74 Å². The van der Waals surface area contributed by atoms with Crippen molar-refractivity contribution in [2.24, 2.45) is 11.7 Å². The zero-order chi connectivity index (χ0) is 11.5. The minimum Gasteiger partial charge on any atom is -0.381 e. The molecule has 0 radical (unpaired) electrons. The normalized spacial score (nSPS) is 19.7. The van der Waals surface area contributed by atoms with E-state index in [4.69, 9.17) is 33.7 Å². The molecule has 0 unspecified atom stereocenters. The molecule has 0 saturated carbocycles. The van der Waals surface area contributed by atoms with E-state index in [1.54, 1.807) is 0 Å². The molecule has 1 fully saturated rings. The van der Waals surface area contributed by atoms with Gasteiger partial charge in [0.05, 0.1) is 0 Å². The van der Waals surface area contributed by atoms with Crippen molar-refractivity contribution >= 4 is 23.2 Å². The molecule has 1 aliphatic rings. The largest absolute Gasteiger partial charge is 0.381 e. The van der Waals surface area contributed by atoms with Crippen molar-refractivity contribution < 1.29 is 4.74 Å². The second-order valence-corrected chi connectivity index (χ2v) is 4.93. The summed E-state index contributed by atoms with van der Waals surface area (Å²) in [5.74, 6) is 0.408. The highest BCUT2D eigenvalue weighted by Crippen LogP contribution is 2.36. The molecule has 16 heavy (non-hydrogen) atoms. The monoisotopic (exact) mass is 259 g/mol. The lowest BCUT2D eigenvalue weighted by Crippen LogP contribution is -2.27. The third-order valence-electron chi connectivity index (χ3n) is 3.11. The Morgan fingerprint density at radius 2 is 1.75 bits per heavy atom. The van der Waals surface area contributed by atoms with Crippen LogP contribution in [0.4, 0.5) is 0 Å². The lowest BCUT2D eigenvalue weighted by atomic mass is 9.88. The molecule has 0 spiro atoms. The van der Waals surface area contributed by atoms with Crippen LogP contribution in [0.5, 0.6) is 0 Å². The lowest BCUT2D eigenvalue weighted by Gasteiger charge is -2.28. The molecule has 88 valence electrons. The Morgan fingerprint density at radius 3 is 2.31 bits per heavy atom. The van der Waals surface area contributed by atoms with Gasteiger partial charge in [0.1, 0.15) is 0 Å². The van der Waals surface area contributed by atoms with E-state index in [9.17, 15) is 0 Å². The molecule has 1 saturated heterocycles. The fourth-order valence-corrected chi connectivity index (χ4v) is 2.79. The molecular weight excluding hydrogens is 245 g/mol. The van der Waals surface area contributed by atoms with Crippen molar-refractivity contribution in [1.82, 2.24) is 0 Å². The van der Waals surface area contributed by atoms with E-state index in [0.717, 1.165) is 31.6 Å². The third-order valence-corrected chi connectivity index (χ3v) is 3.77.